The number of thiocarbonyl (C=S) groups is 2. The molecule has 0 aromatic carbocycles. The monoisotopic (exact) mass is 292 g/mol. The molecule has 0 unspecified atom stereocenters. The minimum absolute atomic E-state index is 0.0322. The van der Waals surface area contributed by atoms with Gasteiger partial charge in [0, 0.05) is 13.1 Å². The molecule has 2 amide bonds. The van der Waals surface area contributed by atoms with Crippen LogP contribution in [0.3, 0.4) is 0 Å². The summed E-state index contributed by atoms with van der Waals surface area (Å²) in [7, 11) is 0. The van der Waals surface area contributed by atoms with Crippen molar-refractivity contribution in [2.75, 3.05) is 24.6 Å². The van der Waals surface area contributed by atoms with E-state index < -0.39 is 0 Å². The average molecular weight is 292 g/mol. The molecule has 4 nitrogen and oxygen atoms in total. The predicted octanol–water partition coefficient (Wildman–Crippen LogP) is 1.98. The van der Waals surface area contributed by atoms with Crippen LogP contribution in [-0.4, -0.2) is 54.9 Å². The summed E-state index contributed by atoms with van der Waals surface area (Å²) < 4.78 is 0. The number of carbonyl (C=O) groups excluding carboxylic acids is 2. The molecule has 0 radical (unpaired) electrons. The minimum atomic E-state index is -0.0322. The minimum Gasteiger partial charge on any atom is -0.295 e. The van der Waals surface area contributed by atoms with E-state index in [1.54, 1.807) is 9.80 Å². The van der Waals surface area contributed by atoms with E-state index in [2.05, 4.69) is 0 Å². The molecule has 86 valence electrons. The van der Waals surface area contributed by atoms with Gasteiger partial charge in [0.2, 0.25) is 0 Å². The van der Waals surface area contributed by atoms with Gasteiger partial charge in [-0.2, -0.15) is 0 Å². The van der Waals surface area contributed by atoms with E-state index in [9.17, 15) is 9.59 Å². The Balaban J connectivity index is 1.92. The first kappa shape index (κ1) is 12.3. The van der Waals surface area contributed by atoms with E-state index in [-0.39, 0.29) is 10.5 Å². The third kappa shape index (κ3) is 2.39. The first-order chi connectivity index (χ1) is 7.59. The Hall–Kier alpha value is -0.180. The molecule has 2 rings (SSSR count). The highest BCUT2D eigenvalue weighted by Gasteiger charge is 2.30. The Morgan fingerprint density at radius 2 is 1.31 bits per heavy atom. The highest BCUT2D eigenvalue weighted by Crippen LogP contribution is 2.22. The van der Waals surface area contributed by atoms with Gasteiger partial charge in [-0.1, -0.05) is 48.0 Å². The summed E-state index contributed by atoms with van der Waals surface area (Å²) >= 11 is 12.5. The second-order valence-corrected chi connectivity index (χ2v) is 6.00. The van der Waals surface area contributed by atoms with Crippen molar-refractivity contribution in [2.24, 2.45) is 0 Å². The molecule has 16 heavy (non-hydrogen) atoms. The van der Waals surface area contributed by atoms with Crippen LogP contribution < -0.4 is 0 Å². The number of hydrogen-bond acceptors (Lipinski definition) is 6. The number of rotatable bonds is 3. The lowest BCUT2D eigenvalue weighted by molar-refractivity contribution is 0.235. The predicted molar refractivity (Wildman–Crippen MR) is 74.3 cm³/mol. The number of amides is 2. The van der Waals surface area contributed by atoms with E-state index in [4.69, 9.17) is 24.4 Å². The molecule has 0 atom stereocenters. The molecule has 2 fully saturated rings. The third-order valence-electron chi connectivity index (χ3n) is 2.23. The number of hydrogen-bond donors (Lipinski definition) is 0. The molecule has 2 aliphatic heterocycles. The number of thioether (sulfide) groups is 2. The molecular formula is C8H8N2O2S4. The Morgan fingerprint density at radius 3 is 1.56 bits per heavy atom. The summed E-state index contributed by atoms with van der Waals surface area (Å²) in [6.07, 6.45) is 0. The highest BCUT2D eigenvalue weighted by atomic mass is 32.2. The zero-order valence-electron chi connectivity index (χ0n) is 8.17. The lowest BCUT2D eigenvalue weighted by Crippen LogP contribution is -2.38. The Bertz CT molecular complexity index is 316. The average Bonchev–Trinajstić information content (AvgIpc) is 2.72. The van der Waals surface area contributed by atoms with Crippen molar-refractivity contribution < 1.29 is 9.59 Å². The van der Waals surface area contributed by atoms with Gasteiger partial charge >= 0.3 is 0 Å². The fourth-order valence-electron chi connectivity index (χ4n) is 1.39. The molecule has 2 saturated heterocycles. The van der Waals surface area contributed by atoms with Crippen LogP contribution in [0.4, 0.5) is 9.59 Å². The van der Waals surface area contributed by atoms with Crippen LogP contribution in [0, 0.1) is 0 Å². The van der Waals surface area contributed by atoms with E-state index in [0.717, 1.165) is 0 Å². The van der Waals surface area contributed by atoms with Crippen LogP contribution in [-0.2, 0) is 0 Å². The molecule has 0 spiro atoms. The van der Waals surface area contributed by atoms with Gasteiger partial charge in [0.1, 0.15) is 0 Å². The van der Waals surface area contributed by atoms with E-state index in [1.165, 1.54) is 23.5 Å². The van der Waals surface area contributed by atoms with Crippen molar-refractivity contribution in [2.45, 2.75) is 0 Å². The zero-order chi connectivity index (χ0) is 11.7. The Labute approximate surface area is 112 Å². The maximum absolute atomic E-state index is 11.4. The van der Waals surface area contributed by atoms with E-state index in [0.29, 0.717) is 34.6 Å². The second kappa shape index (κ2) is 4.99. The van der Waals surface area contributed by atoms with Gasteiger partial charge in [0.25, 0.3) is 10.5 Å². The van der Waals surface area contributed by atoms with E-state index >= 15 is 0 Å². The second-order valence-electron chi connectivity index (χ2n) is 3.20. The van der Waals surface area contributed by atoms with Crippen molar-refractivity contribution in [1.82, 2.24) is 9.80 Å². The van der Waals surface area contributed by atoms with Crippen molar-refractivity contribution in [3.8, 4) is 0 Å². The molecule has 2 aliphatic rings. The van der Waals surface area contributed by atoms with Gasteiger partial charge in [-0.15, -0.1) is 0 Å². The molecule has 0 saturated carbocycles. The molecular weight excluding hydrogens is 284 g/mol. The van der Waals surface area contributed by atoms with Crippen molar-refractivity contribution in [3.63, 3.8) is 0 Å². The molecule has 0 aromatic heterocycles. The molecule has 0 aliphatic carbocycles. The maximum Gasteiger partial charge on any atom is 0.286 e. The van der Waals surface area contributed by atoms with Crippen LogP contribution in [0.1, 0.15) is 0 Å². The van der Waals surface area contributed by atoms with Gasteiger partial charge in [0.05, 0.1) is 21.5 Å². The first-order valence-electron chi connectivity index (χ1n) is 4.54. The zero-order valence-corrected chi connectivity index (χ0v) is 11.4. The van der Waals surface area contributed by atoms with Crippen molar-refractivity contribution in [3.05, 3.63) is 0 Å². The smallest absolute Gasteiger partial charge is 0.286 e. The largest absolute Gasteiger partial charge is 0.295 e. The lowest BCUT2D eigenvalue weighted by atomic mass is 10.4. The van der Waals surface area contributed by atoms with Crippen LogP contribution in [0.15, 0.2) is 0 Å². The maximum atomic E-state index is 11.4. The summed E-state index contributed by atoms with van der Waals surface area (Å²) in [4.78, 5) is 27.2. The topological polar surface area (TPSA) is 40.6 Å². The SMILES string of the molecule is O=C1SCC(=S)N1CCN1C(=O)SCC1=S. The standard InChI is InChI=1S/C8H8N2O2S4/c11-7-9(5(13)3-15-7)1-2-10-6(14)4-16-8(10)12/h1-4H2. The van der Waals surface area contributed by atoms with E-state index in [1.807, 2.05) is 0 Å². The normalized spacial score (nSPS) is 21.5. The molecule has 8 heteroatoms. The van der Waals surface area contributed by atoms with Crippen molar-refractivity contribution >= 4 is 68.4 Å². The van der Waals surface area contributed by atoms with Gasteiger partial charge < -0.3 is 0 Å². The highest BCUT2D eigenvalue weighted by molar-refractivity contribution is 8.15. The molecule has 0 N–H and O–H groups in total. The van der Waals surface area contributed by atoms with Crippen LogP contribution >= 0.6 is 48.0 Å². The van der Waals surface area contributed by atoms with Gasteiger partial charge in [-0.25, -0.2) is 0 Å². The van der Waals surface area contributed by atoms with Crippen LogP contribution in [0.2, 0.25) is 0 Å². The summed E-state index contributed by atoms with van der Waals surface area (Å²) in [6, 6.07) is 0. The van der Waals surface area contributed by atoms with Crippen LogP contribution in [0.5, 0.6) is 0 Å². The van der Waals surface area contributed by atoms with Gasteiger partial charge in [-0.05, 0) is 0 Å². The summed E-state index contributed by atoms with van der Waals surface area (Å²) in [6.45, 7) is 0.883. The Kier molecular flexibility index (Phi) is 3.83. The molecule has 2 heterocycles. The third-order valence-corrected chi connectivity index (χ3v) is 5.09. The van der Waals surface area contributed by atoms with Crippen molar-refractivity contribution in [1.29, 1.82) is 0 Å². The summed E-state index contributed by atoms with van der Waals surface area (Å²) in [5.74, 6) is 1.14. The quantitative estimate of drug-likeness (QED) is 0.741. The van der Waals surface area contributed by atoms with Crippen LogP contribution in [0.25, 0.3) is 0 Å². The summed E-state index contributed by atoms with van der Waals surface area (Å²) in [5.41, 5.74) is 0. The molecule has 0 bridgehead atoms. The first-order valence-corrected chi connectivity index (χ1v) is 7.32. The fraction of sp³-hybridized carbons (Fsp3) is 0.500. The number of nitrogens with zero attached hydrogens (tertiary/aromatic N) is 2. The number of carbonyl (C=O) groups is 2. The fourth-order valence-corrected chi connectivity index (χ4v) is 3.73. The summed E-state index contributed by atoms with van der Waals surface area (Å²) in [5, 5.41) is -0.0644. The molecule has 0 aromatic rings. The van der Waals surface area contributed by atoms with Gasteiger partial charge in [-0.3, -0.25) is 19.4 Å². The lowest BCUT2D eigenvalue weighted by Gasteiger charge is -2.20. The van der Waals surface area contributed by atoms with Gasteiger partial charge in [0.15, 0.2) is 0 Å². The Morgan fingerprint density at radius 1 is 0.938 bits per heavy atom.